The van der Waals surface area contributed by atoms with Crippen LogP contribution in [0.1, 0.15) is 95.9 Å². The standard InChI is InChI=1S/C29H44O2/c1-8-22(5)29(7,23(6)30)17-16-21(4)27-18-26(10-3)28(19-25(27)9-2)31-20-24-14-12-11-13-15-24/h11-15,18-19,21-23,30H,8-10,16-17,20H2,1-7H3. The highest BCUT2D eigenvalue weighted by atomic mass is 16.5. The molecule has 2 aromatic carbocycles. The van der Waals surface area contributed by atoms with Crippen molar-refractivity contribution in [1.29, 1.82) is 0 Å². The van der Waals surface area contributed by atoms with Gasteiger partial charge in [0.15, 0.2) is 0 Å². The molecule has 0 aliphatic heterocycles. The van der Waals surface area contributed by atoms with Gasteiger partial charge < -0.3 is 9.84 Å². The first-order valence-electron chi connectivity index (χ1n) is 12.3. The van der Waals surface area contributed by atoms with E-state index in [0.717, 1.165) is 37.9 Å². The van der Waals surface area contributed by atoms with E-state index in [1.807, 2.05) is 13.0 Å². The van der Waals surface area contributed by atoms with E-state index in [1.165, 1.54) is 22.3 Å². The van der Waals surface area contributed by atoms with Gasteiger partial charge in [-0.05, 0) is 78.2 Å². The molecule has 0 aromatic heterocycles. The molecule has 172 valence electrons. The number of aryl methyl sites for hydroxylation is 2. The lowest BCUT2D eigenvalue weighted by atomic mass is 9.68. The summed E-state index contributed by atoms with van der Waals surface area (Å²) in [6.07, 6.45) is 4.91. The van der Waals surface area contributed by atoms with Crippen LogP contribution < -0.4 is 4.74 Å². The van der Waals surface area contributed by atoms with Gasteiger partial charge in [-0.1, -0.05) is 84.4 Å². The molecule has 0 aliphatic rings. The number of benzene rings is 2. The predicted octanol–water partition coefficient (Wildman–Crippen LogP) is 7.71. The summed E-state index contributed by atoms with van der Waals surface area (Å²) in [6.45, 7) is 16.1. The fraction of sp³-hybridized carbons (Fsp3) is 0.586. The van der Waals surface area contributed by atoms with E-state index < -0.39 is 0 Å². The van der Waals surface area contributed by atoms with Crippen molar-refractivity contribution in [2.24, 2.45) is 11.3 Å². The minimum Gasteiger partial charge on any atom is -0.489 e. The third-order valence-electron chi connectivity index (χ3n) is 7.66. The summed E-state index contributed by atoms with van der Waals surface area (Å²) >= 11 is 0. The highest BCUT2D eigenvalue weighted by Gasteiger charge is 2.35. The van der Waals surface area contributed by atoms with Crippen LogP contribution >= 0.6 is 0 Å². The molecule has 0 fully saturated rings. The quantitative estimate of drug-likeness (QED) is 0.378. The van der Waals surface area contributed by atoms with Crippen molar-refractivity contribution in [3.8, 4) is 5.75 Å². The molecule has 4 unspecified atom stereocenters. The van der Waals surface area contributed by atoms with Gasteiger partial charge in [-0.25, -0.2) is 0 Å². The van der Waals surface area contributed by atoms with Gasteiger partial charge in [0.2, 0.25) is 0 Å². The molecule has 0 amide bonds. The zero-order valence-electron chi connectivity index (χ0n) is 20.9. The summed E-state index contributed by atoms with van der Waals surface area (Å²) in [5.74, 6) is 1.99. The van der Waals surface area contributed by atoms with Crippen LogP contribution in [-0.2, 0) is 19.4 Å². The zero-order valence-corrected chi connectivity index (χ0v) is 20.9. The highest BCUT2D eigenvalue weighted by Crippen LogP contribution is 2.41. The fourth-order valence-corrected chi connectivity index (χ4v) is 4.61. The molecule has 2 nitrogen and oxygen atoms in total. The molecule has 2 heteroatoms. The summed E-state index contributed by atoms with van der Waals surface area (Å²) in [6, 6.07) is 15.0. The van der Waals surface area contributed by atoms with E-state index in [2.05, 4.69) is 77.9 Å². The van der Waals surface area contributed by atoms with Crippen molar-refractivity contribution in [2.45, 2.75) is 99.2 Å². The van der Waals surface area contributed by atoms with E-state index in [1.54, 1.807) is 0 Å². The molecule has 0 spiro atoms. The minimum absolute atomic E-state index is 0.0400. The lowest BCUT2D eigenvalue weighted by Gasteiger charge is -2.39. The molecular weight excluding hydrogens is 380 g/mol. The van der Waals surface area contributed by atoms with Crippen molar-refractivity contribution in [1.82, 2.24) is 0 Å². The number of rotatable bonds is 12. The van der Waals surface area contributed by atoms with Crippen molar-refractivity contribution in [2.75, 3.05) is 0 Å². The van der Waals surface area contributed by atoms with Gasteiger partial charge >= 0.3 is 0 Å². The average Bonchev–Trinajstić information content (AvgIpc) is 2.80. The molecule has 0 saturated carbocycles. The normalized spacial score (nSPS) is 16.4. The van der Waals surface area contributed by atoms with Gasteiger partial charge in [0.1, 0.15) is 12.4 Å². The molecule has 1 N–H and O–H groups in total. The topological polar surface area (TPSA) is 29.5 Å². The lowest BCUT2D eigenvalue weighted by Crippen LogP contribution is -2.36. The van der Waals surface area contributed by atoms with Crippen LogP contribution in [0.15, 0.2) is 42.5 Å². The minimum atomic E-state index is -0.291. The molecule has 0 saturated heterocycles. The van der Waals surface area contributed by atoms with Crippen molar-refractivity contribution in [3.05, 3.63) is 64.7 Å². The highest BCUT2D eigenvalue weighted by molar-refractivity contribution is 5.44. The first-order valence-corrected chi connectivity index (χ1v) is 12.3. The van der Waals surface area contributed by atoms with Crippen LogP contribution in [0.4, 0.5) is 0 Å². The monoisotopic (exact) mass is 424 g/mol. The van der Waals surface area contributed by atoms with Crippen LogP contribution in [0, 0.1) is 11.3 Å². The molecule has 0 bridgehead atoms. The van der Waals surface area contributed by atoms with Crippen LogP contribution in [0.5, 0.6) is 5.75 Å². The number of hydrogen-bond acceptors (Lipinski definition) is 2. The molecule has 2 aromatic rings. The predicted molar refractivity (Wildman–Crippen MR) is 133 cm³/mol. The van der Waals surface area contributed by atoms with Gasteiger partial charge in [-0.2, -0.15) is 0 Å². The third-order valence-corrected chi connectivity index (χ3v) is 7.66. The Hall–Kier alpha value is -1.80. The number of aliphatic hydroxyl groups is 1. The fourth-order valence-electron chi connectivity index (χ4n) is 4.61. The van der Waals surface area contributed by atoms with Gasteiger partial charge in [-0.3, -0.25) is 0 Å². The molecule has 0 heterocycles. The first-order chi connectivity index (χ1) is 14.8. The zero-order chi connectivity index (χ0) is 23.0. The van der Waals surface area contributed by atoms with Crippen LogP contribution in [0.2, 0.25) is 0 Å². The Morgan fingerprint density at radius 3 is 2.13 bits per heavy atom. The van der Waals surface area contributed by atoms with Crippen molar-refractivity contribution < 1.29 is 9.84 Å². The van der Waals surface area contributed by atoms with Gasteiger partial charge in [0, 0.05) is 0 Å². The maximum absolute atomic E-state index is 10.5. The largest absolute Gasteiger partial charge is 0.489 e. The second kappa shape index (κ2) is 11.7. The summed E-state index contributed by atoms with van der Waals surface area (Å²) in [4.78, 5) is 0. The summed E-state index contributed by atoms with van der Waals surface area (Å²) < 4.78 is 6.25. The first kappa shape index (κ1) is 25.5. The molecule has 0 radical (unpaired) electrons. The van der Waals surface area contributed by atoms with E-state index in [0.29, 0.717) is 18.4 Å². The van der Waals surface area contributed by atoms with Gasteiger partial charge in [-0.15, -0.1) is 0 Å². The van der Waals surface area contributed by atoms with Gasteiger partial charge in [0.05, 0.1) is 6.10 Å². The van der Waals surface area contributed by atoms with Gasteiger partial charge in [0.25, 0.3) is 0 Å². The Bertz CT molecular complexity index is 796. The van der Waals surface area contributed by atoms with E-state index in [9.17, 15) is 5.11 Å². The maximum Gasteiger partial charge on any atom is 0.123 e. The number of aliphatic hydroxyl groups excluding tert-OH is 1. The van der Waals surface area contributed by atoms with E-state index >= 15 is 0 Å². The van der Waals surface area contributed by atoms with E-state index in [-0.39, 0.29) is 11.5 Å². The SMILES string of the molecule is CCc1cc(C(C)CCC(C)(C(C)O)C(C)CC)c(CC)cc1OCc1ccccc1. The average molecular weight is 425 g/mol. The summed E-state index contributed by atoms with van der Waals surface area (Å²) in [5, 5.41) is 10.5. The number of ether oxygens (including phenoxy) is 1. The second-order valence-electron chi connectivity index (χ2n) is 9.57. The second-order valence-corrected chi connectivity index (χ2v) is 9.57. The molecule has 4 atom stereocenters. The Morgan fingerprint density at radius 1 is 0.935 bits per heavy atom. The lowest BCUT2D eigenvalue weighted by molar-refractivity contribution is 0.0000381. The summed E-state index contributed by atoms with van der Waals surface area (Å²) in [5.41, 5.74) is 5.28. The Morgan fingerprint density at radius 2 is 1.58 bits per heavy atom. The summed E-state index contributed by atoms with van der Waals surface area (Å²) in [7, 11) is 0. The molecule has 2 rings (SSSR count). The van der Waals surface area contributed by atoms with Crippen LogP contribution in [0.3, 0.4) is 0 Å². The maximum atomic E-state index is 10.5. The molecule has 31 heavy (non-hydrogen) atoms. The Labute approximate surface area is 191 Å². The van der Waals surface area contributed by atoms with Crippen LogP contribution in [-0.4, -0.2) is 11.2 Å². The van der Waals surface area contributed by atoms with Crippen LogP contribution in [0.25, 0.3) is 0 Å². The molecule has 0 aliphatic carbocycles. The van der Waals surface area contributed by atoms with E-state index in [4.69, 9.17) is 4.74 Å². The third kappa shape index (κ3) is 6.35. The Balaban J connectivity index is 2.21. The van der Waals surface area contributed by atoms with Crippen molar-refractivity contribution in [3.63, 3.8) is 0 Å². The number of hydrogen-bond donors (Lipinski definition) is 1. The smallest absolute Gasteiger partial charge is 0.123 e. The van der Waals surface area contributed by atoms with Crippen molar-refractivity contribution >= 4 is 0 Å². The molecular formula is C29H44O2. The Kier molecular flexibility index (Phi) is 9.62.